The molecule has 0 heterocycles. The van der Waals surface area contributed by atoms with Gasteiger partial charge < -0.3 is 20.8 Å². The molecule has 0 saturated heterocycles. The highest BCUT2D eigenvalue weighted by atomic mass is 32.1. The van der Waals surface area contributed by atoms with Crippen molar-refractivity contribution in [3.05, 3.63) is 65.7 Å². The Bertz CT molecular complexity index is 873. The van der Waals surface area contributed by atoms with E-state index >= 15 is 0 Å². The van der Waals surface area contributed by atoms with Crippen LogP contribution in [0.5, 0.6) is 0 Å². The molecule has 4 N–H and O–H groups in total. The minimum atomic E-state index is -1.97. The summed E-state index contributed by atoms with van der Waals surface area (Å²) in [5.41, 5.74) is 0.505. The van der Waals surface area contributed by atoms with Crippen LogP contribution in [-0.2, 0) is 20.8 Å². The van der Waals surface area contributed by atoms with Crippen LogP contribution in [0, 0.1) is 12.8 Å². The number of hydrogen-bond acceptors (Lipinski definition) is 5. The number of rotatable bonds is 11. The second kappa shape index (κ2) is 10.7. The molecule has 0 aliphatic carbocycles. The minimum Gasteiger partial charge on any atom is -0.481 e. The van der Waals surface area contributed by atoms with Gasteiger partial charge in [0.2, 0.25) is 11.6 Å². The number of hydrogen-bond donors (Lipinski definition) is 5. The molecule has 0 aromatic heterocycles. The fraction of sp³-hybridized carbons (Fsp3) is 0.318. The highest BCUT2D eigenvalue weighted by Crippen LogP contribution is 2.21. The maximum absolute atomic E-state index is 13.0. The summed E-state index contributed by atoms with van der Waals surface area (Å²) in [7, 11) is 0. The van der Waals surface area contributed by atoms with Crippen LogP contribution in [-0.4, -0.2) is 39.5 Å². The van der Waals surface area contributed by atoms with Crippen molar-refractivity contribution in [3.8, 4) is 0 Å². The van der Waals surface area contributed by atoms with Crippen molar-refractivity contribution in [2.24, 2.45) is 5.92 Å². The molecule has 30 heavy (non-hydrogen) atoms. The van der Waals surface area contributed by atoms with Gasteiger partial charge in [0.25, 0.3) is 0 Å². The van der Waals surface area contributed by atoms with E-state index in [9.17, 15) is 19.5 Å². The topological polar surface area (TPSA) is 116 Å². The first-order chi connectivity index (χ1) is 14.3. The van der Waals surface area contributed by atoms with Gasteiger partial charge in [-0.25, -0.2) is 4.79 Å². The smallest absolute Gasteiger partial charge is 0.350 e. The van der Waals surface area contributed by atoms with Gasteiger partial charge in [-0.2, -0.15) is 12.6 Å². The molecule has 7 nitrogen and oxygen atoms in total. The molecule has 2 aromatic carbocycles. The minimum absolute atomic E-state index is 0.208. The van der Waals surface area contributed by atoms with Gasteiger partial charge in [-0.1, -0.05) is 48.0 Å². The van der Waals surface area contributed by atoms with Crippen molar-refractivity contribution in [2.45, 2.75) is 31.8 Å². The van der Waals surface area contributed by atoms with E-state index in [1.807, 2.05) is 31.2 Å². The summed E-state index contributed by atoms with van der Waals surface area (Å²) >= 11 is 4.27. The fourth-order valence-corrected chi connectivity index (χ4v) is 3.29. The lowest BCUT2D eigenvalue weighted by Crippen LogP contribution is -2.61. The van der Waals surface area contributed by atoms with Crippen molar-refractivity contribution in [1.29, 1.82) is 0 Å². The van der Waals surface area contributed by atoms with Crippen LogP contribution < -0.4 is 10.6 Å². The first kappa shape index (κ1) is 23.3. The molecule has 0 aliphatic rings. The zero-order chi connectivity index (χ0) is 22.1. The molecule has 1 amide bonds. The zero-order valence-corrected chi connectivity index (χ0v) is 17.6. The number of para-hydroxylation sites is 1. The van der Waals surface area contributed by atoms with Gasteiger partial charge in [0, 0.05) is 24.3 Å². The van der Waals surface area contributed by atoms with Gasteiger partial charge in [-0.05, 0) is 31.0 Å². The molecule has 0 radical (unpaired) electrons. The van der Waals surface area contributed by atoms with Crippen LogP contribution >= 0.6 is 12.6 Å². The number of carboxylic acids is 2. The maximum atomic E-state index is 13.0. The molecular formula is C22H26N2O5S. The molecule has 2 rings (SSSR count). The Morgan fingerprint density at radius 1 is 1.03 bits per heavy atom. The molecule has 0 fully saturated rings. The Morgan fingerprint density at radius 3 is 2.20 bits per heavy atom. The predicted octanol–water partition coefficient (Wildman–Crippen LogP) is 2.96. The Hall–Kier alpha value is -3.00. The first-order valence-corrected chi connectivity index (χ1v) is 10.2. The van der Waals surface area contributed by atoms with Crippen LogP contribution in [0.25, 0.3) is 0 Å². The third kappa shape index (κ3) is 6.52. The lowest BCUT2D eigenvalue weighted by atomic mass is 9.96. The monoisotopic (exact) mass is 430 g/mol. The van der Waals surface area contributed by atoms with Gasteiger partial charge in [0.15, 0.2) is 0 Å². The van der Waals surface area contributed by atoms with E-state index in [1.54, 1.807) is 30.3 Å². The lowest BCUT2D eigenvalue weighted by molar-refractivity contribution is -0.148. The number of amides is 1. The number of aryl methyl sites for hydroxylation is 1. The normalized spacial score (nSPS) is 13.7. The predicted molar refractivity (Wildman–Crippen MR) is 118 cm³/mol. The van der Waals surface area contributed by atoms with E-state index in [-0.39, 0.29) is 12.2 Å². The zero-order valence-electron chi connectivity index (χ0n) is 16.7. The number of thiol groups is 1. The summed E-state index contributed by atoms with van der Waals surface area (Å²) in [6.45, 7) is 1.96. The number of carboxylic acid groups (broad SMARTS) is 2. The quantitative estimate of drug-likeness (QED) is 0.277. The Morgan fingerprint density at radius 2 is 1.67 bits per heavy atom. The molecule has 2 aromatic rings. The van der Waals surface area contributed by atoms with E-state index in [0.29, 0.717) is 12.1 Å². The molecule has 0 bridgehead atoms. The largest absolute Gasteiger partial charge is 0.481 e. The summed E-state index contributed by atoms with van der Waals surface area (Å²) in [6.07, 6.45) is -0.381. The molecular weight excluding hydrogens is 404 g/mol. The molecule has 0 aliphatic heterocycles. The second-order valence-corrected chi connectivity index (χ2v) is 7.52. The van der Waals surface area contributed by atoms with Crippen molar-refractivity contribution in [3.63, 3.8) is 0 Å². The standard InChI is InChI=1S/C22H26N2O5S/c1-15-7-9-16(10-8-15)13-17(14-30)20(27)24-22(21(28)29,12-11-19(25)26)23-18-5-3-2-4-6-18/h2-10,17,23,30H,11-14H2,1H3,(H,24,27)(H,25,26)(H,28,29)/t17?,22-/m0/s1. The molecule has 0 saturated carbocycles. The Labute approximate surface area is 180 Å². The number of aliphatic carboxylic acids is 2. The van der Waals surface area contributed by atoms with Gasteiger partial charge >= 0.3 is 11.9 Å². The van der Waals surface area contributed by atoms with Gasteiger partial charge in [0.05, 0.1) is 5.92 Å². The summed E-state index contributed by atoms with van der Waals surface area (Å²) in [5.74, 6) is -3.41. The molecule has 1 unspecified atom stereocenters. The molecule has 160 valence electrons. The Kier molecular flexibility index (Phi) is 8.29. The SMILES string of the molecule is Cc1ccc(CC(CS)C(=O)N[C@](CCC(=O)O)(Nc2ccccc2)C(=O)O)cc1. The van der Waals surface area contributed by atoms with E-state index in [2.05, 4.69) is 23.3 Å². The van der Waals surface area contributed by atoms with Crippen LogP contribution in [0.3, 0.4) is 0 Å². The van der Waals surface area contributed by atoms with Crippen LogP contribution in [0.15, 0.2) is 54.6 Å². The average Bonchev–Trinajstić information content (AvgIpc) is 2.72. The first-order valence-electron chi connectivity index (χ1n) is 9.52. The molecule has 0 spiro atoms. The maximum Gasteiger partial charge on any atom is 0.350 e. The van der Waals surface area contributed by atoms with Crippen molar-refractivity contribution >= 4 is 36.2 Å². The van der Waals surface area contributed by atoms with Crippen molar-refractivity contribution < 1.29 is 24.6 Å². The van der Waals surface area contributed by atoms with Crippen LogP contribution in [0.4, 0.5) is 5.69 Å². The second-order valence-electron chi connectivity index (χ2n) is 7.15. The van der Waals surface area contributed by atoms with Crippen LogP contribution in [0.2, 0.25) is 0 Å². The summed E-state index contributed by atoms with van der Waals surface area (Å²) in [6, 6.07) is 16.2. The van der Waals surface area contributed by atoms with E-state index in [1.165, 1.54) is 0 Å². The van der Waals surface area contributed by atoms with Gasteiger partial charge in [-0.3, -0.25) is 9.59 Å². The van der Waals surface area contributed by atoms with E-state index in [4.69, 9.17) is 5.11 Å². The van der Waals surface area contributed by atoms with Gasteiger partial charge in [-0.15, -0.1) is 0 Å². The third-order valence-electron chi connectivity index (χ3n) is 4.74. The summed E-state index contributed by atoms with van der Waals surface area (Å²) in [5, 5.41) is 24.4. The van der Waals surface area contributed by atoms with Crippen molar-refractivity contribution in [1.82, 2.24) is 5.32 Å². The summed E-state index contributed by atoms with van der Waals surface area (Å²) in [4.78, 5) is 36.3. The van der Waals surface area contributed by atoms with E-state index in [0.717, 1.165) is 11.1 Å². The Balaban J connectivity index is 2.26. The molecule has 2 atom stereocenters. The fourth-order valence-electron chi connectivity index (χ4n) is 2.99. The molecule has 8 heteroatoms. The van der Waals surface area contributed by atoms with Gasteiger partial charge in [0.1, 0.15) is 0 Å². The number of carbonyl (C=O) groups excluding carboxylic acids is 1. The van der Waals surface area contributed by atoms with Crippen molar-refractivity contribution in [2.75, 3.05) is 11.1 Å². The number of nitrogens with one attached hydrogen (secondary N) is 2. The average molecular weight is 431 g/mol. The summed E-state index contributed by atoms with van der Waals surface area (Å²) < 4.78 is 0. The number of benzene rings is 2. The number of anilines is 1. The highest BCUT2D eigenvalue weighted by Gasteiger charge is 2.41. The number of carbonyl (C=O) groups is 3. The van der Waals surface area contributed by atoms with E-state index < -0.39 is 35.8 Å². The highest BCUT2D eigenvalue weighted by molar-refractivity contribution is 7.80. The third-order valence-corrected chi connectivity index (χ3v) is 5.18. The lowest BCUT2D eigenvalue weighted by Gasteiger charge is -2.33. The van der Waals surface area contributed by atoms with Crippen LogP contribution in [0.1, 0.15) is 24.0 Å².